The van der Waals surface area contributed by atoms with E-state index in [0.29, 0.717) is 18.4 Å². The smallest absolute Gasteiger partial charge is 0.191 e. The quantitative estimate of drug-likeness (QED) is 0.553. The van der Waals surface area contributed by atoms with Crippen molar-refractivity contribution in [2.75, 3.05) is 20.2 Å². The van der Waals surface area contributed by atoms with Crippen molar-refractivity contribution in [2.24, 2.45) is 16.8 Å². The van der Waals surface area contributed by atoms with E-state index in [0.717, 1.165) is 44.3 Å². The number of aromatic nitrogens is 2. The summed E-state index contributed by atoms with van der Waals surface area (Å²) in [5, 5.41) is 6.90. The van der Waals surface area contributed by atoms with Gasteiger partial charge < -0.3 is 19.9 Å². The molecule has 6 nitrogen and oxygen atoms in total. The molecule has 0 saturated carbocycles. The Morgan fingerprint density at radius 2 is 2.07 bits per heavy atom. The average Bonchev–Trinajstić information content (AvgIpc) is 3.15. The average molecular weight is 398 g/mol. The molecule has 6 heteroatoms. The number of nitrogens with one attached hydrogen (secondary N) is 2. The maximum absolute atomic E-state index is 6.14. The van der Waals surface area contributed by atoms with Crippen LogP contribution in [0.1, 0.15) is 49.7 Å². The minimum atomic E-state index is 0.139. The summed E-state index contributed by atoms with van der Waals surface area (Å²) in [6.45, 7) is 9.84. The molecule has 1 aromatic carbocycles. The zero-order valence-corrected chi connectivity index (χ0v) is 18.2. The number of nitrogens with zero attached hydrogens (tertiary/aromatic N) is 3. The van der Waals surface area contributed by atoms with E-state index in [2.05, 4.69) is 70.2 Å². The summed E-state index contributed by atoms with van der Waals surface area (Å²) in [7, 11) is 1.81. The van der Waals surface area contributed by atoms with E-state index >= 15 is 0 Å². The van der Waals surface area contributed by atoms with Gasteiger partial charge in [-0.05, 0) is 31.2 Å². The Kier molecular flexibility index (Phi) is 7.69. The van der Waals surface area contributed by atoms with Gasteiger partial charge in [-0.3, -0.25) is 4.99 Å². The van der Waals surface area contributed by atoms with E-state index in [1.165, 1.54) is 11.1 Å². The first-order valence-corrected chi connectivity index (χ1v) is 10.7. The Morgan fingerprint density at radius 1 is 1.28 bits per heavy atom. The number of imidazole rings is 1. The Balaban J connectivity index is 1.55. The van der Waals surface area contributed by atoms with Crippen LogP contribution in [0, 0.1) is 18.8 Å². The molecule has 29 heavy (non-hydrogen) atoms. The standard InChI is InChI=1S/C23H35N5O/c1-17(2)16-28-12-11-25-21(28)15-27-23(24-4)26-14-20-6-5-13-29-22(20)19-9-7-18(3)8-10-19/h7-12,17,20,22H,5-6,13-16H2,1-4H3,(H2,24,26,27). The lowest BCUT2D eigenvalue weighted by molar-refractivity contribution is -0.0265. The summed E-state index contributed by atoms with van der Waals surface area (Å²) in [6.07, 6.45) is 6.30. The maximum atomic E-state index is 6.14. The highest BCUT2D eigenvalue weighted by atomic mass is 16.5. The van der Waals surface area contributed by atoms with Crippen LogP contribution in [-0.4, -0.2) is 35.7 Å². The lowest BCUT2D eigenvalue weighted by Gasteiger charge is -2.32. The molecule has 1 aromatic heterocycles. The first-order chi connectivity index (χ1) is 14.1. The van der Waals surface area contributed by atoms with E-state index in [4.69, 9.17) is 4.74 Å². The summed E-state index contributed by atoms with van der Waals surface area (Å²) in [4.78, 5) is 8.87. The molecule has 0 bridgehead atoms. The second-order valence-corrected chi connectivity index (χ2v) is 8.30. The summed E-state index contributed by atoms with van der Waals surface area (Å²) in [6, 6.07) is 8.72. The summed E-state index contributed by atoms with van der Waals surface area (Å²) in [5.41, 5.74) is 2.54. The molecule has 158 valence electrons. The van der Waals surface area contributed by atoms with E-state index in [-0.39, 0.29) is 6.10 Å². The number of aliphatic imine (C=N–C) groups is 1. The fourth-order valence-corrected chi connectivity index (χ4v) is 3.85. The Morgan fingerprint density at radius 3 is 2.79 bits per heavy atom. The van der Waals surface area contributed by atoms with Crippen molar-refractivity contribution < 1.29 is 4.74 Å². The molecular weight excluding hydrogens is 362 g/mol. The van der Waals surface area contributed by atoms with E-state index < -0.39 is 0 Å². The van der Waals surface area contributed by atoms with Crippen molar-refractivity contribution in [3.05, 3.63) is 53.6 Å². The third kappa shape index (κ3) is 6.07. The molecule has 0 radical (unpaired) electrons. The van der Waals surface area contributed by atoms with Crippen LogP contribution in [0.25, 0.3) is 0 Å². The van der Waals surface area contributed by atoms with Crippen LogP contribution in [0.5, 0.6) is 0 Å². The van der Waals surface area contributed by atoms with Gasteiger partial charge in [-0.15, -0.1) is 0 Å². The van der Waals surface area contributed by atoms with Crippen molar-refractivity contribution in [2.45, 2.75) is 52.8 Å². The van der Waals surface area contributed by atoms with Gasteiger partial charge in [-0.25, -0.2) is 4.98 Å². The van der Waals surface area contributed by atoms with E-state index in [1.807, 2.05) is 19.4 Å². The van der Waals surface area contributed by atoms with Crippen LogP contribution in [0.3, 0.4) is 0 Å². The summed E-state index contributed by atoms with van der Waals surface area (Å²) >= 11 is 0. The minimum Gasteiger partial charge on any atom is -0.373 e. The zero-order valence-electron chi connectivity index (χ0n) is 18.2. The number of rotatable bonds is 7. The molecule has 1 fully saturated rings. The van der Waals surface area contributed by atoms with Gasteiger partial charge in [0.15, 0.2) is 5.96 Å². The van der Waals surface area contributed by atoms with Crippen molar-refractivity contribution in [3.63, 3.8) is 0 Å². The molecule has 2 N–H and O–H groups in total. The number of benzene rings is 1. The molecular formula is C23H35N5O. The van der Waals surface area contributed by atoms with Crippen LogP contribution in [0.4, 0.5) is 0 Å². The summed E-state index contributed by atoms with van der Waals surface area (Å²) < 4.78 is 8.34. The Bertz CT molecular complexity index is 781. The number of hydrogen-bond donors (Lipinski definition) is 2. The molecule has 2 heterocycles. The molecule has 1 saturated heterocycles. The molecule has 0 aliphatic carbocycles. The highest BCUT2D eigenvalue weighted by Crippen LogP contribution is 2.33. The molecule has 2 unspecified atom stereocenters. The van der Waals surface area contributed by atoms with Crippen molar-refractivity contribution >= 4 is 5.96 Å². The third-order valence-corrected chi connectivity index (χ3v) is 5.38. The second-order valence-electron chi connectivity index (χ2n) is 8.30. The van der Waals surface area contributed by atoms with E-state index in [1.54, 1.807) is 0 Å². The minimum absolute atomic E-state index is 0.139. The van der Waals surface area contributed by atoms with Gasteiger partial charge in [0.2, 0.25) is 0 Å². The first kappa shape index (κ1) is 21.4. The zero-order chi connectivity index (χ0) is 20.6. The molecule has 3 rings (SSSR count). The number of hydrogen-bond acceptors (Lipinski definition) is 3. The number of ether oxygens (including phenoxy) is 1. The van der Waals surface area contributed by atoms with Crippen LogP contribution in [-0.2, 0) is 17.8 Å². The lowest BCUT2D eigenvalue weighted by atomic mass is 9.89. The van der Waals surface area contributed by atoms with Gasteiger partial charge in [-0.2, -0.15) is 0 Å². The first-order valence-electron chi connectivity index (χ1n) is 10.7. The third-order valence-electron chi connectivity index (χ3n) is 5.38. The van der Waals surface area contributed by atoms with Gasteiger partial charge in [0, 0.05) is 45.1 Å². The van der Waals surface area contributed by atoms with Gasteiger partial charge in [0.25, 0.3) is 0 Å². The lowest BCUT2D eigenvalue weighted by Crippen LogP contribution is -2.42. The van der Waals surface area contributed by atoms with Crippen molar-refractivity contribution in [1.82, 2.24) is 20.2 Å². The van der Waals surface area contributed by atoms with Crippen molar-refractivity contribution in [3.8, 4) is 0 Å². The SMILES string of the molecule is CN=C(NCc1nccn1CC(C)C)NCC1CCCOC1c1ccc(C)cc1. The largest absolute Gasteiger partial charge is 0.373 e. The molecule has 1 aliphatic heterocycles. The second kappa shape index (κ2) is 10.4. The van der Waals surface area contributed by atoms with E-state index in [9.17, 15) is 0 Å². The van der Waals surface area contributed by atoms with Gasteiger partial charge in [-0.1, -0.05) is 43.7 Å². The fourth-order valence-electron chi connectivity index (χ4n) is 3.85. The summed E-state index contributed by atoms with van der Waals surface area (Å²) in [5.74, 6) is 2.84. The molecule has 2 aromatic rings. The highest BCUT2D eigenvalue weighted by Gasteiger charge is 2.27. The molecule has 0 spiro atoms. The maximum Gasteiger partial charge on any atom is 0.191 e. The van der Waals surface area contributed by atoms with Crippen LogP contribution in [0.2, 0.25) is 0 Å². The van der Waals surface area contributed by atoms with Crippen LogP contribution in [0.15, 0.2) is 41.7 Å². The number of aryl methyl sites for hydroxylation is 1. The monoisotopic (exact) mass is 397 g/mol. The predicted molar refractivity (Wildman–Crippen MR) is 118 cm³/mol. The predicted octanol–water partition coefficient (Wildman–Crippen LogP) is 3.68. The van der Waals surface area contributed by atoms with Crippen molar-refractivity contribution in [1.29, 1.82) is 0 Å². The Hall–Kier alpha value is -2.34. The normalized spacial score (nSPS) is 20.1. The highest BCUT2D eigenvalue weighted by molar-refractivity contribution is 5.79. The fraction of sp³-hybridized carbons (Fsp3) is 0.565. The van der Waals surface area contributed by atoms with Gasteiger partial charge >= 0.3 is 0 Å². The molecule has 0 amide bonds. The van der Waals surface area contributed by atoms with Crippen LogP contribution < -0.4 is 10.6 Å². The molecule has 2 atom stereocenters. The number of guanidine groups is 1. The molecule has 1 aliphatic rings. The van der Waals surface area contributed by atoms with Gasteiger partial charge in [0.1, 0.15) is 5.82 Å². The van der Waals surface area contributed by atoms with Crippen LogP contribution >= 0.6 is 0 Å². The topological polar surface area (TPSA) is 63.5 Å². The Labute approximate surface area is 174 Å². The van der Waals surface area contributed by atoms with Gasteiger partial charge in [0.05, 0.1) is 12.6 Å².